The van der Waals surface area contributed by atoms with E-state index < -0.39 is 6.04 Å². The van der Waals surface area contributed by atoms with E-state index in [1.54, 1.807) is 30.0 Å². The summed E-state index contributed by atoms with van der Waals surface area (Å²) in [5.41, 5.74) is 0.855. The summed E-state index contributed by atoms with van der Waals surface area (Å²) < 4.78 is 0. The summed E-state index contributed by atoms with van der Waals surface area (Å²) in [4.78, 5) is 31.2. The lowest BCUT2D eigenvalue weighted by molar-refractivity contribution is -0.148. The summed E-state index contributed by atoms with van der Waals surface area (Å²) in [6.45, 7) is 6.41. The average Bonchev–Trinajstić information content (AvgIpc) is 2.71. The van der Waals surface area contributed by atoms with Crippen molar-refractivity contribution in [2.24, 2.45) is 0 Å². The molecule has 3 rings (SSSR count). The quantitative estimate of drug-likeness (QED) is 0.718. The van der Waals surface area contributed by atoms with Crippen LogP contribution in [0.15, 0.2) is 30.3 Å². The van der Waals surface area contributed by atoms with Crippen LogP contribution in [0.2, 0.25) is 5.02 Å². The molecule has 0 saturated carbocycles. The van der Waals surface area contributed by atoms with Crippen molar-refractivity contribution < 1.29 is 14.7 Å². The smallest absolute Gasteiger partial charge is 0.247 e. The van der Waals surface area contributed by atoms with Gasteiger partial charge in [0, 0.05) is 43.8 Å². The van der Waals surface area contributed by atoms with Crippen LogP contribution in [-0.4, -0.2) is 83.0 Å². The van der Waals surface area contributed by atoms with E-state index in [1.165, 1.54) is 6.08 Å². The van der Waals surface area contributed by atoms with Crippen LogP contribution in [0.4, 0.5) is 0 Å². The highest BCUT2D eigenvalue weighted by Crippen LogP contribution is 2.16. The monoisotopic (exact) mass is 419 g/mol. The van der Waals surface area contributed by atoms with Crippen molar-refractivity contribution in [3.63, 3.8) is 0 Å². The molecule has 1 unspecified atom stereocenters. The van der Waals surface area contributed by atoms with Crippen molar-refractivity contribution in [1.82, 2.24) is 14.7 Å². The van der Waals surface area contributed by atoms with Gasteiger partial charge in [0.25, 0.3) is 0 Å². The number of hydrogen-bond acceptors (Lipinski definition) is 4. The Morgan fingerprint density at radius 3 is 2.69 bits per heavy atom. The van der Waals surface area contributed by atoms with E-state index in [9.17, 15) is 14.7 Å². The first-order chi connectivity index (χ1) is 13.9. The van der Waals surface area contributed by atoms with Gasteiger partial charge in [0.05, 0.1) is 6.10 Å². The molecule has 2 aliphatic heterocycles. The maximum atomic E-state index is 12.7. The zero-order valence-corrected chi connectivity index (χ0v) is 17.7. The van der Waals surface area contributed by atoms with E-state index in [4.69, 9.17) is 11.6 Å². The second-order valence-corrected chi connectivity index (χ2v) is 8.28. The van der Waals surface area contributed by atoms with Gasteiger partial charge in [-0.05, 0) is 56.5 Å². The standard InChI is InChI=1S/C22H30ClN3O3/c1-17-22(29)25(11-3-10-24-12-8-20(27)9-13-24)14-15-26(17)21(28)7-6-18-4-2-5-19(23)16-18/h2,4-7,16-17,20,27H,3,8-15H2,1H3. The Balaban J connectivity index is 1.46. The van der Waals surface area contributed by atoms with Crippen LogP contribution in [0.1, 0.15) is 31.7 Å². The lowest BCUT2D eigenvalue weighted by Crippen LogP contribution is -2.57. The fourth-order valence-corrected chi connectivity index (χ4v) is 4.15. The Labute approximate surface area is 177 Å². The first-order valence-electron chi connectivity index (χ1n) is 10.4. The van der Waals surface area contributed by atoms with E-state index in [0.29, 0.717) is 24.7 Å². The third-order valence-electron chi connectivity index (χ3n) is 5.76. The van der Waals surface area contributed by atoms with Gasteiger partial charge in [-0.1, -0.05) is 23.7 Å². The molecule has 158 valence electrons. The highest BCUT2D eigenvalue weighted by molar-refractivity contribution is 6.30. The summed E-state index contributed by atoms with van der Waals surface area (Å²) in [6.07, 6.45) is 5.66. The first kappa shape index (κ1) is 21.8. The number of halogens is 1. The predicted octanol–water partition coefficient (Wildman–Crippen LogP) is 2.26. The van der Waals surface area contributed by atoms with Gasteiger partial charge in [-0.15, -0.1) is 0 Å². The number of piperazine rings is 1. The van der Waals surface area contributed by atoms with Crippen molar-refractivity contribution in [2.45, 2.75) is 38.3 Å². The van der Waals surface area contributed by atoms with Crippen LogP contribution in [0, 0.1) is 0 Å². The van der Waals surface area contributed by atoms with E-state index >= 15 is 0 Å². The molecule has 6 nitrogen and oxygen atoms in total. The number of aliphatic hydroxyl groups is 1. The molecule has 1 N–H and O–H groups in total. The summed E-state index contributed by atoms with van der Waals surface area (Å²) in [5, 5.41) is 10.2. The predicted molar refractivity (Wildman–Crippen MR) is 115 cm³/mol. The average molecular weight is 420 g/mol. The molecule has 2 aliphatic rings. The third kappa shape index (κ3) is 6.04. The second-order valence-electron chi connectivity index (χ2n) is 7.85. The SMILES string of the molecule is CC1C(=O)N(CCCN2CCC(O)CC2)CCN1C(=O)C=Cc1cccc(Cl)c1. The van der Waals surface area contributed by atoms with Crippen molar-refractivity contribution in [1.29, 1.82) is 0 Å². The Kier molecular flexibility index (Phi) is 7.70. The topological polar surface area (TPSA) is 64.1 Å². The molecule has 1 aromatic rings. The summed E-state index contributed by atoms with van der Waals surface area (Å²) >= 11 is 5.97. The fourth-order valence-electron chi connectivity index (χ4n) is 3.95. The zero-order valence-electron chi connectivity index (χ0n) is 17.0. The third-order valence-corrected chi connectivity index (χ3v) is 5.99. The molecule has 2 fully saturated rings. The number of rotatable bonds is 6. The minimum Gasteiger partial charge on any atom is -0.393 e. The first-order valence-corrected chi connectivity index (χ1v) is 10.8. The molecule has 2 amide bonds. The van der Waals surface area contributed by atoms with E-state index in [0.717, 1.165) is 44.5 Å². The minimum absolute atomic E-state index is 0.00909. The van der Waals surface area contributed by atoms with E-state index in [-0.39, 0.29) is 17.9 Å². The van der Waals surface area contributed by atoms with Crippen LogP contribution >= 0.6 is 11.6 Å². The Morgan fingerprint density at radius 1 is 1.21 bits per heavy atom. The number of nitrogens with zero attached hydrogens (tertiary/aromatic N) is 3. The molecular weight excluding hydrogens is 390 g/mol. The molecule has 0 radical (unpaired) electrons. The number of likely N-dealkylation sites (tertiary alicyclic amines) is 1. The Hall–Kier alpha value is -1.89. The molecule has 29 heavy (non-hydrogen) atoms. The van der Waals surface area contributed by atoms with Gasteiger partial charge in [-0.25, -0.2) is 0 Å². The number of hydrogen-bond donors (Lipinski definition) is 1. The molecule has 0 spiro atoms. The Morgan fingerprint density at radius 2 is 1.97 bits per heavy atom. The maximum Gasteiger partial charge on any atom is 0.247 e. The van der Waals surface area contributed by atoms with Gasteiger partial charge in [0.15, 0.2) is 0 Å². The number of carbonyl (C=O) groups is 2. The van der Waals surface area contributed by atoms with Crippen LogP contribution < -0.4 is 0 Å². The Bertz CT molecular complexity index is 747. The molecule has 1 aromatic carbocycles. The fraction of sp³-hybridized carbons (Fsp3) is 0.545. The minimum atomic E-state index is -0.453. The number of amides is 2. The van der Waals surface area contributed by atoms with Crippen molar-refractivity contribution in [3.05, 3.63) is 40.9 Å². The molecule has 2 saturated heterocycles. The summed E-state index contributed by atoms with van der Waals surface area (Å²) in [7, 11) is 0. The van der Waals surface area contributed by atoms with Crippen LogP contribution in [0.3, 0.4) is 0 Å². The second kappa shape index (κ2) is 10.2. The number of aliphatic hydroxyl groups excluding tert-OH is 1. The molecule has 1 atom stereocenters. The van der Waals surface area contributed by atoms with Crippen molar-refractivity contribution >= 4 is 29.5 Å². The molecule has 0 aromatic heterocycles. The lowest BCUT2D eigenvalue weighted by atomic mass is 10.1. The van der Waals surface area contributed by atoms with Gasteiger partial charge in [0.1, 0.15) is 6.04 Å². The highest BCUT2D eigenvalue weighted by Gasteiger charge is 2.33. The van der Waals surface area contributed by atoms with Crippen molar-refractivity contribution in [3.8, 4) is 0 Å². The van der Waals surface area contributed by atoms with E-state index in [1.807, 2.05) is 17.0 Å². The zero-order chi connectivity index (χ0) is 20.8. The van der Waals surface area contributed by atoms with E-state index in [2.05, 4.69) is 4.90 Å². The highest BCUT2D eigenvalue weighted by atomic mass is 35.5. The van der Waals surface area contributed by atoms with Crippen LogP contribution in [0.25, 0.3) is 6.08 Å². The lowest BCUT2D eigenvalue weighted by Gasteiger charge is -2.39. The van der Waals surface area contributed by atoms with Crippen molar-refractivity contribution in [2.75, 3.05) is 39.3 Å². The molecule has 0 aliphatic carbocycles. The van der Waals surface area contributed by atoms with Crippen LogP contribution in [0.5, 0.6) is 0 Å². The molecule has 2 heterocycles. The normalized spacial score (nSPS) is 21.9. The van der Waals surface area contributed by atoms with Crippen LogP contribution in [-0.2, 0) is 9.59 Å². The number of carbonyl (C=O) groups excluding carboxylic acids is 2. The van der Waals surface area contributed by atoms with Gasteiger partial charge < -0.3 is 19.8 Å². The maximum absolute atomic E-state index is 12.7. The molecular formula is C22H30ClN3O3. The molecule has 0 bridgehead atoms. The number of benzene rings is 1. The van der Waals surface area contributed by atoms with Gasteiger partial charge in [-0.2, -0.15) is 0 Å². The summed E-state index contributed by atoms with van der Waals surface area (Å²) in [5.74, 6) is -0.146. The van der Waals surface area contributed by atoms with Gasteiger partial charge in [0.2, 0.25) is 11.8 Å². The largest absolute Gasteiger partial charge is 0.393 e. The number of piperidine rings is 1. The van der Waals surface area contributed by atoms with Gasteiger partial charge >= 0.3 is 0 Å². The summed E-state index contributed by atoms with van der Waals surface area (Å²) in [6, 6.07) is 6.84. The molecule has 7 heteroatoms. The van der Waals surface area contributed by atoms with Gasteiger partial charge in [-0.3, -0.25) is 9.59 Å².